The fraction of sp³-hybridized carbons (Fsp3) is 0.333. The average molecular weight is 242 g/mol. The van der Waals surface area contributed by atoms with Crippen molar-refractivity contribution in [1.82, 2.24) is 0 Å². The lowest BCUT2D eigenvalue weighted by molar-refractivity contribution is 0.115. The van der Waals surface area contributed by atoms with Crippen LogP contribution in [0.5, 0.6) is 5.75 Å². The topological polar surface area (TPSA) is 35.2 Å². The van der Waals surface area contributed by atoms with E-state index in [1.165, 1.54) is 19.2 Å². The number of halogens is 4. The molecule has 1 aromatic rings. The van der Waals surface area contributed by atoms with E-state index >= 15 is 0 Å². The van der Waals surface area contributed by atoms with E-state index in [0.717, 1.165) is 6.07 Å². The van der Waals surface area contributed by atoms with Crippen LogP contribution < -0.4 is 10.5 Å². The fourth-order valence-electron chi connectivity index (χ4n) is 1.14. The number of ether oxygens (including phenoxy) is 1. The monoisotopic (exact) mass is 241 g/mol. The Morgan fingerprint density at radius 1 is 1.33 bits per heavy atom. The molecule has 0 radical (unpaired) electrons. The Morgan fingerprint density at radius 3 is 2.40 bits per heavy atom. The fourth-order valence-corrected chi connectivity index (χ4v) is 1.14. The zero-order valence-corrected chi connectivity index (χ0v) is 8.73. The van der Waals surface area contributed by atoms with Gasteiger partial charge in [-0.25, -0.2) is 13.2 Å². The first-order chi connectivity index (χ1) is 6.57. The Labute approximate surface area is 91.6 Å². The quantitative estimate of drug-likeness (QED) is 0.883. The van der Waals surface area contributed by atoms with Gasteiger partial charge in [0.2, 0.25) is 0 Å². The first-order valence-electron chi connectivity index (χ1n) is 3.94. The normalized spacial score (nSPS) is 12.1. The van der Waals surface area contributed by atoms with Crippen LogP contribution in [-0.4, -0.2) is 13.5 Å². The minimum atomic E-state index is -2.74. The van der Waals surface area contributed by atoms with Gasteiger partial charge in [0.05, 0.1) is 13.2 Å². The lowest BCUT2D eigenvalue weighted by Crippen LogP contribution is -2.20. The maximum absolute atomic E-state index is 13.0. The summed E-state index contributed by atoms with van der Waals surface area (Å²) in [5.74, 6) is -0.915. The summed E-state index contributed by atoms with van der Waals surface area (Å²) in [6.07, 6.45) is -2.74. The Bertz CT molecular complexity index is 322. The molecule has 0 aliphatic carbocycles. The second kappa shape index (κ2) is 5.82. The SMILES string of the molecule is COc1c(F)cccc1[C@@H](N)C(F)F.Cl. The van der Waals surface area contributed by atoms with Crippen LogP contribution in [0, 0.1) is 5.82 Å². The van der Waals surface area contributed by atoms with Crippen LogP contribution >= 0.6 is 12.4 Å². The molecule has 0 aromatic heterocycles. The highest BCUT2D eigenvalue weighted by Crippen LogP contribution is 2.29. The van der Waals surface area contributed by atoms with Gasteiger partial charge in [-0.3, -0.25) is 0 Å². The lowest BCUT2D eigenvalue weighted by atomic mass is 10.1. The number of hydrogen-bond acceptors (Lipinski definition) is 2. The lowest BCUT2D eigenvalue weighted by Gasteiger charge is -2.14. The van der Waals surface area contributed by atoms with Crippen LogP contribution in [0.15, 0.2) is 18.2 Å². The first kappa shape index (κ1) is 14.1. The van der Waals surface area contributed by atoms with Gasteiger partial charge in [-0.1, -0.05) is 12.1 Å². The molecular weight excluding hydrogens is 231 g/mol. The molecular formula is C9H11ClF3NO. The van der Waals surface area contributed by atoms with Crippen molar-refractivity contribution in [2.45, 2.75) is 12.5 Å². The van der Waals surface area contributed by atoms with Gasteiger partial charge >= 0.3 is 0 Å². The number of methoxy groups -OCH3 is 1. The van der Waals surface area contributed by atoms with Crippen molar-refractivity contribution in [3.05, 3.63) is 29.6 Å². The highest BCUT2D eigenvalue weighted by molar-refractivity contribution is 5.85. The molecule has 2 N–H and O–H groups in total. The zero-order valence-electron chi connectivity index (χ0n) is 7.91. The summed E-state index contributed by atoms with van der Waals surface area (Å²) in [7, 11) is 1.21. The first-order valence-corrected chi connectivity index (χ1v) is 3.94. The predicted molar refractivity (Wildman–Crippen MR) is 53.1 cm³/mol. The van der Waals surface area contributed by atoms with Gasteiger partial charge < -0.3 is 10.5 Å². The Kier molecular flexibility index (Phi) is 5.46. The summed E-state index contributed by atoms with van der Waals surface area (Å²) in [5, 5.41) is 0. The van der Waals surface area contributed by atoms with Gasteiger partial charge in [0, 0.05) is 5.56 Å². The van der Waals surface area contributed by atoms with Crippen LogP contribution in [0.25, 0.3) is 0 Å². The number of rotatable bonds is 3. The number of nitrogens with two attached hydrogens (primary N) is 1. The molecule has 1 rings (SSSR count). The summed E-state index contributed by atoms with van der Waals surface area (Å²) < 4.78 is 42.2. The molecule has 86 valence electrons. The average Bonchev–Trinajstić information content (AvgIpc) is 2.16. The van der Waals surface area contributed by atoms with Crippen molar-refractivity contribution in [2.24, 2.45) is 5.73 Å². The third-order valence-corrected chi connectivity index (χ3v) is 1.83. The molecule has 0 aliphatic rings. The van der Waals surface area contributed by atoms with E-state index in [1.54, 1.807) is 0 Å². The molecule has 0 unspecified atom stereocenters. The molecule has 0 aliphatic heterocycles. The Balaban J connectivity index is 0.00000196. The van der Waals surface area contributed by atoms with E-state index in [-0.39, 0.29) is 23.7 Å². The number of benzene rings is 1. The van der Waals surface area contributed by atoms with E-state index in [4.69, 9.17) is 5.73 Å². The van der Waals surface area contributed by atoms with Gasteiger partial charge in [-0.2, -0.15) is 0 Å². The predicted octanol–water partition coefficient (Wildman–Crippen LogP) is 2.52. The molecule has 0 bridgehead atoms. The highest BCUT2D eigenvalue weighted by Gasteiger charge is 2.22. The Morgan fingerprint density at radius 2 is 1.93 bits per heavy atom. The molecule has 1 aromatic carbocycles. The summed E-state index contributed by atoms with van der Waals surface area (Å²) in [5.41, 5.74) is 5.16. The second-order valence-electron chi connectivity index (χ2n) is 2.72. The largest absolute Gasteiger partial charge is 0.493 e. The van der Waals surface area contributed by atoms with Crippen LogP contribution in [0.1, 0.15) is 11.6 Å². The second-order valence-corrected chi connectivity index (χ2v) is 2.72. The minimum absolute atomic E-state index is 0. The molecule has 1 atom stereocenters. The van der Waals surface area contributed by atoms with Crippen molar-refractivity contribution < 1.29 is 17.9 Å². The van der Waals surface area contributed by atoms with Gasteiger partial charge in [-0.05, 0) is 6.07 Å². The maximum atomic E-state index is 13.0. The van der Waals surface area contributed by atoms with Crippen molar-refractivity contribution in [3.8, 4) is 5.75 Å². The standard InChI is InChI=1S/C9H10F3NO.ClH/c1-14-8-5(7(13)9(11)12)3-2-4-6(8)10;/h2-4,7,9H,13H2,1H3;1H/t7-;/m1./s1. The Hall–Kier alpha value is -0.940. The van der Waals surface area contributed by atoms with Crippen LogP contribution in [0.4, 0.5) is 13.2 Å². The summed E-state index contributed by atoms with van der Waals surface area (Å²) in [4.78, 5) is 0. The third-order valence-electron chi connectivity index (χ3n) is 1.83. The molecule has 0 amide bonds. The summed E-state index contributed by atoms with van der Waals surface area (Å²) >= 11 is 0. The van der Waals surface area contributed by atoms with E-state index in [2.05, 4.69) is 4.74 Å². The highest BCUT2D eigenvalue weighted by atomic mass is 35.5. The molecule has 0 heterocycles. The summed E-state index contributed by atoms with van der Waals surface area (Å²) in [6, 6.07) is 2.23. The van der Waals surface area contributed by atoms with Gasteiger partial charge in [0.15, 0.2) is 11.6 Å². The van der Waals surface area contributed by atoms with Crippen LogP contribution in [-0.2, 0) is 0 Å². The van der Waals surface area contributed by atoms with Crippen molar-refractivity contribution in [1.29, 1.82) is 0 Å². The van der Waals surface area contributed by atoms with Crippen molar-refractivity contribution >= 4 is 12.4 Å². The molecule has 0 spiro atoms. The molecule has 2 nitrogen and oxygen atoms in total. The van der Waals surface area contributed by atoms with Gasteiger partial charge in [0.1, 0.15) is 0 Å². The van der Waals surface area contributed by atoms with E-state index < -0.39 is 18.3 Å². The van der Waals surface area contributed by atoms with Crippen molar-refractivity contribution in [3.63, 3.8) is 0 Å². The van der Waals surface area contributed by atoms with Gasteiger partial charge in [-0.15, -0.1) is 12.4 Å². The number of alkyl halides is 2. The smallest absolute Gasteiger partial charge is 0.257 e. The molecule has 0 saturated carbocycles. The number of para-hydroxylation sites is 1. The van der Waals surface area contributed by atoms with Crippen LogP contribution in [0.2, 0.25) is 0 Å². The third kappa shape index (κ3) is 3.00. The van der Waals surface area contributed by atoms with Gasteiger partial charge in [0.25, 0.3) is 6.43 Å². The minimum Gasteiger partial charge on any atom is -0.493 e. The van der Waals surface area contributed by atoms with Crippen LogP contribution in [0.3, 0.4) is 0 Å². The molecule has 0 saturated heterocycles. The van der Waals surface area contributed by atoms with Crippen molar-refractivity contribution in [2.75, 3.05) is 7.11 Å². The van der Waals surface area contributed by atoms with E-state index in [0.29, 0.717) is 0 Å². The molecule has 0 fully saturated rings. The van der Waals surface area contributed by atoms with E-state index in [9.17, 15) is 13.2 Å². The zero-order chi connectivity index (χ0) is 10.7. The molecule has 15 heavy (non-hydrogen) atoms. The molecule has 6 heteroatoms. The number of hydrogen-bond donors (Lipinski definition) is 1. The summed E-state index contributed by atoms with van der Waals surface area (Å²) in [6.45, 7) is 0. The maximum Gasteiger partial charge on any atom is 0.257 e. The van der Waals surface area contributed by atoms with E-state index in [1.807, 2.05) is 0 Å².